The predicted octanol–water partition coefficient (Wildman–Crippen LogP) is 1.30. The second-order valence-corrected chi connectivity index (χ2v) is 4.77. The molecule has 0 saturated carbocycles. The molecule has 0 aromatic carbocycles. The lowest BCUT2D eigenvalue weighted by atomic mass is 9.98. The smallest absolute Gasteiger partial charge is 0.257 e. The van der Waals surface area contributed by atoms with Crippen molar-refractivity contribution >= 4 is 11.7 Å². The van der Waals surface area contributed by atoms with Crippen LogP contribution >= 0.6 is 0 Å². The average molecular weight is 267 g/mol. The van der Waals surface area contributed by atoms with Crippen molar-refractivity contribution in [1.82, 2.24) is 9.88 Å². The van der Waals surface area contributed by atoms with E-state index >= 15 is 0 Å². The first-order chi connectivity index (χ1) is 9.13. The van der Waals surface area contributed by atoms with Gasteiger partial charge >= 0.3 is 0 Å². The number of ether oxygens (including phenoxy) is 1. The fourth-order valence-corrected chi connectivity index (χ4v) is 2.42. The van der Waals surface area contributed by atoms with E-state index in [4.69, 9.17) is 10.5 Å². The Morgan fingerprint density at radius 2 is 2.47 bits per heavy atom. The molecule has 1 aliphatic heterocycles. The van der Waals surface area contributed by atoms with Crippen molar-refractivity contribution in [3.05, 3.63) is 23.6 Å². The maximum absolute atomic E-state index is 13.8. The molecule has 1 amide bonds. The van der Waals surface area contributed by atoms with Crippen LogP contribution in [0.3, 0.4) is 0 Å². The molecule has 1 unspecified atom stereocenters. The molecule has 5 nitrogen and oxygen atoms in total. The van der Waals surface area contributed by atoms with Gasteiger partial charge in [0.25, 0.3) is 5.91 Å². The van der Waals surface area contributed by atoms with E-state index in [1.165, 1.54) is 12.3 Å². The van der Waals surface area contributed by atoms with Crippen LogP contribution in [0.25, 0.3) is 0 Å². The summed E-state index contributed by atoms with van der Waals surface area (Å²) in [6.45, 7) is 1.85. The van der Waals surface area contributed by atoms with Crippen molar-refractivity contribution in [2.75, 3.05) is 32.5 Å². The maximum atomic E-state index is 13.8. The lowest BCUT2D eigenvalue weighted by Gasteiger charge is -2.32. The minimum absolute atomic E-state index is 0.00873. The van der Waals surface area contributed by atoms with Crippen LogP contribution in [0.4, 0.5) is 10.2 Å². The Hall–Kier alpha value is -1.69. The van der Waals surface area contributed by atoms with E-state index in [0.717, 1.165) is 12.8 Å². The number of halogens is 1. The molecule has 0 radical (unpaired) electrons. The zero-order valence-electron chi connectivity index (χ0n) is 10.9. The molecule has 19 heavy (non-hydrogen) atoms. The first-order valence-electron chi connectivity index (χ1n) is 6.31. The van der Waals surface area contributed by atoms with Crippen molar-refractivity contribution in [3.63, 3.8) is 0 Å². The molecule has 1 fully saturated rings. The Balaban J connectivity index is 2.12. The van der Waals surface area contributed by atoms with Gasteiger partial charge in [-0.05, 0) is 24.8 Å². The summed E-state index contributed by atoms with van der Waals surface area (Å²) in [5, 5.41) is 0. The molecule has 6 heteroatoms. The van der Waals surface area contributed by atoms with Crippen molar-refractivity contribution in [3.8, 4) is 0 Å². The van der Waals surface area contributed by atoms with Gasteiger partial charge in [0.1, 0.15) is 0 Å². The highest BCUT2D eigenvalue weighted by Gasteiger charge is 2.26. The Labute approximate surface area is 111 Å². The number of methoxy groups -OCH3 is 1. The van der Waals surface area contributed by atoms with E-state index in [2.05, 4.69) is 4.98 Å². The number of carbonyl (C=O) groups is 1. The fraction of sp³-hybridized carbons (Fsp3) is 0.538. The zero-order valence-corrected chi connectivity index (χ0v) is 10.9. The number of amides is 1. The van der Waals surface area contributed by atoms with Crippen LogP contribution < -0.4 is 5.73 Å². The number of likely N-dealkylation sites (tertiary alicyclic amines) is 1. The number of nitrogen functional groups attached to an aromatic ring is 1. The number of carbonyl (C=O) groups excluding carboxylic acids is 1. The van der Waals surface area contributed by atoms with Crippen molar-refractivity contribution in [2.24, 2.45) is 5.92 Å². The zero-order chi connectivity index (χ0) is 13.8. The van der Waals surface area contributed by atoms with Crippen molar-refractivity contribution in [2.45, 2.75) is 12.8 Å². The summed E-state index contributed by atoms with van der Waals surface area (Å²) in [6, 6.07) is 1.37. The molecule has 1 aromatic heterocycles. The van der Waals surface area contributed by atoms with Crippen LogP contribution in [0.2, 0.25) is 0 Å². The molecule has 104 valence electrons. The van der Waals surface area contributed by atoms with Gasteiger partial charge in [0, 0.05) is 26.4 Å². The minimum Gasteiger partial charge on any atom is -0.384 e. The van der Waals surface area contributed by atoms with E-state index in [1.54, 1.807) is 12.0 Å². The summed E-state index contributed by atoms with van der Waals surface area (Å²) in [5.74, 6) is -0.991. The largest absolute Gasteiger partial charge is 0.384 e. The van der Waals surface area contributed by atoms with E-state index in [1.807, 2.05) is 0 Å². The number of rotatable bonds is 3. The Kier molecular flexibility index (Phi) is 4.31. The van der Waals surface area contributed by atoms with Gasteiger partial charge < -0.3 is 15.4 Å². The highest BCUT2D eigenvalue weighted by atomic mass is 19.1. The first kappa shape index (κ1) is 13.7. The third-order valence-corrected chi connectivity index (χ3v) is 3.36. The quantitative estimate of drug-likeness (QED) is 0.896. The molecule has 0 bridgehead atoms. The topological polar surface area (TPSA) is 68.5 Å². The standard InChI is InChI=1S/C13H18FN3O2/c1-19-8-9-3-2-6-17(7-9)13(18)10-4-5-16-12(15)11(10)14/h4-5,9H,2-3,6-8H2,1H3,(H2,15,16). The highest BCUT2D eigenvalue weighted by molar-refractivity contribution is 5.95. The van der Waals surface area contributed by atoms with E-state index < -0.39 is 5.82 Å². The summed E-state index contributed by atoms with van der Waals surface area (Å²) in [4.78, 5) is 17.6. The number of anilines is 1. The van der Waals surface area contributed by atoms with Gasteiger partial charge in [-0.1, -0.05) is 0 Å². The normalized spacial score (nSPS) is 19.5. The lowest BCUT2D eigenvalue weighted by Crippen LogP contribution is -2.41. The third kappa shape index (κ3) is 3.01. The number of hydrogen-bond acceptors (Lipinski definition) is 4. The summed E-state index contributed by atoms with van der Waals surface area (Å²) in [7, 11) is 1.64. The number of piperidine rings is 1. The number of aromatic nitrogens is 1. The predicted molar refractivity (Wildman–Crippen MR) is 69.1 cm³/mol. The molecule has 0 aliphatic carbocycles. The van der Waals surface area contributed by atoms with Crippen LogP contribution in [-0.2, 0) is 4.74 Å². The summed E-state index contributed by atoms with van der Waals surface area (Å²) < 4.78 is 18.9. The maximum Gasteiger partial charge on any atom is 0.257 e. The molecule has 2 rings (SSSR count). The molecule has 1 saturated heterocycles. The van der Waals surface area contributed by atoms with E-state index in [-0.39, 0.29) is 17.3 Å². The van der Waals surface area contributed by atoms with Crippen LogP contribution in [-0.4, -0.2) is 42.6 Å². The van der Waals surface area contributed by atoms with Crippen molar-refractivity contribution < 1.29 is 13.9 Å². The van der Waals surface area contributed by atoms with Crippen molar-refractivity contribution in [1.29, 1.82) is 0 Å². The van der Waals surface area contributed by atoms with Crippen LogP contribution in [0.1, 0.15) is 23.2 Å². The van der Waals surface area contributed by atoms with E-state index in [0.29, 0.717) is 25.6 Å². The molecule has 1 atom stereocenters. The third-order valence-electron chi connectivity index (χ3n) is 3.36. The first-order valence-corrected chi connectivity index (χ1v) is 6.31. The SMILES string of the molecule is COCC1CCCN(C(=O)c2ccnc(N)c2F)C1. The monoisotopic (exact) mass is 267 g/mol. The summed E-state index contributed by atoms with van der Waals surface area (Å²) >= 11 is 0. The van der Waals surface area contributed by atoms with Crippen LogP contribution in [0.5, 0.6) is 0 Å². The molecule has 1 aromatic rings. The highest BCUT2D eigenvalue weighted by Crippen LogP contribution is 2.20. The lowest BCUT2D eigenvalue weighted by molar-refractivity contribution is 0.0567. The number of hydrogen-bond donors (Lipinski definition) is 1. The van der Waals surface area contributed by atoms with Gasteiger partial charge in [0.05, 0.1) is 12.2 Å². The molecular weight excluding hydrogens is 249 g/mol. The Morgan fingerprint density at radius 1 is 1.68 bits per heavy atom. The molecule has 0 spiro atoms. The molecule has 1 aliphatic rings. The van der Waals surface area contributed by atoms with Gasteiger partial charge in [-0.15, -0.1) is 0 Å². The molecule has 2 heterocycles. The van der Waals surface area contributed by atoms with E-state index in [9.17, 15) is 9.18 Å². The molecule has 2 N–H and O–H groups in total. The second kappa shape index (κ2) is 5.97. The number of nitrogens with zero attached hydrogens (tertiary/aromatic N) is 2. The average Bonchev–Trinajstić information content (AvgIpc) is 2.42. The Bertz CT molecular complexity index is 465. The fourth-order valence-electron chi connectivity index (χ4n) is 2.42. The van der Waals surface area contributed by atoms with Gasteiger partial charge in [-0.25, -0.2) is 9.37 Å². The van der Waals surface area contributed by atoms with Crippen LogP contribution in [0, 0.1) is 11.7 Å². The van der Waals surface area contributed by atoms with Crippen LogP contribution in [0.15, 0.2) is 12.3 Å². The minimum atomic E-state index is -0.735. The summed E-state index contributed by atoms with van der Waals surface area (Å²) in [6.07, 6.45) is 3.28. The Morgan fingerprint density at radius 3 is 3.21 bits per heavy atom. The second-order valence-electron chi connectivity index (χ2n) is 4.77. The van der Waals surface area contributed by atoms with Gasteiger partial charge in [-0.3, -0.25) is 4.79 Å². The number of pyridine rings is 1. The van der Waals surface area contributed by atoms with Gasteiger partial charge in [-0.2, -0.15) is 0 Å². The van der Waals surface area contributed by atoms with Gasteiger partial charge in [0.2, 0.25) is 0 Å². The van der Waals surface area contributed by atoms with Gasteiger partial charge in [0.15, 0.2) is 11.6 Å². The molecular formula is C13H18FN3O2. The summed E-state index contributed by atoms with van der Waals surface area (Å²) in [5.41, 5.74) is 5.38. The number of nitrogens with two attached hydrogens (primary N) is 1.